The Morgan fingerprint density at radius 3 is 2.77 bits per heavy atom. The number of hydrogen-bond acceptors (Lipinski definition) is 3. The molecule has 3 aromatic carbocycles. The first kappa shape index (κ1) is 19.2. The average Bonchev–Trinajstić information content (AvgIpc) is 3.27. The summed E-state index contributed by atoms with van der Waals surface area (Å²) in [7, 11) is 1.31. The Hall–Kier alpha value is -3.74. The molecule has 0 aliphatic carbocycles. The third kappa shape index (κ3) is 3.22. The molecule has 156 valence electrons. The maximum atomic E-state index is 14.2. The van der Waals surface area contributed by atoms with Gasteiger partial charge in [-0.15, -0.1) is 0 Å². The van der Waals surface area contributed by atoms with Crippen LogP contribution < -0.4 is 4.74 Å². The van der Waals surface area contributed by atoms with Gasteiger partial charge in [0.05, 0.1) is 25.7 Å². The second-order valence-corrected chi connectivity index (χ2v) is 7.49. The van der Waals surface area contributed by atoms with E-state index in [1.54, 1.807) is 23.5 Å². The average molecular weight is 419 g/mol. The van der Waals surface area contributed by atoms with E-state index in [4.69, 9.17) is 4.74 Å². The minimum atomic E-state index is -1.02. The van der Waals surface area contributed by atoms with Gasteiger partial charge in [0.25, 0.3) is 5.91 Å². The lowest BCUT2D eigenvalue weighted by Gasteiger charge is -2.28. The van der Waals surface area contributed by atoms with Crippen molar-refractivity contribution in [2.24, 2.45) is 0 Å². The molecular formula is C24H19F2N3O2. The number of methoxy groups -OCH3 is 1. The van der Waals surface area contributed by atoms with Gasteiger partial charge < -0.3 is 14.2 Å². The monoisotopic (exact) mass is 419 g/mol. The summed E-state index contributed by atoms with van der Waals surface area (Å²) in [5.74, 6) is -2.17. The van der Waals surface area contributed by atoms with Crippen LogP contribution in [-0.4, -0.2) is 34.0 Å². The third-order valence-corrected chi connectivity index (χ3v) is 5.72. The summed E-state index contributed by atoms with van der Waals surface area (Å²) in [6.07, 6.45) is 3.56. The predicted octanol–water partition coefficient (Wildman–Crippen LogP) is 4.65. The minimum absolute atomic E-state index is 0.0508. The van der Waals surface area contributed by atoms with Crippen molar-refractivity contribution in [3.63, 3.8) is 0 Å². The highest BCUT2D eigenvalue weighted by molar-refractivity contribution is 6.03. The Balaban J connectivity index is 1.53. The number of amides is 1. The first-order chi connectivity index (χ1) is 15.1. The number of nitrogens with zero attached hydrogens (tertiary/aromatic N) is 3. The molecule has 0 spiro atoms. The van der Waals surface area contributed by atoms with Gasteiger partial charge in [0.2, 0.25) is 5.82 Å². The molecule has 0 saturated carbocycles. The molecule has 1 aliphatic rings. The number of imidazole rings is 1. The number of fused-ring (bicyclic) bond motifs is 2. The van der Waals surface area contributed by atoms with E-state index < -0.39 is 11.6 Å². The van der Waals surface area contributed by atoms with Gasteiger partial charge in [-0.2, -0.15) is 4.39 Å². The topological polar surface area (TPSA) is 47.4 Å². The lowest BCUT2D eigenvalue weighted by Crippen LogP contribution is -2.37. The lowest BCUT2D eigenvalue weighted by molar-refractivity contribution is 0.0711. The van der Waals surface area contributed by atoms with Crippen molar-refractivity contribution in [2.75, 3.05) is 13.7 Å². The van der Waals surface area contributed by atoms with Crippen molar-refractivity contribution in [1.82, 2.24) is 14.5 Å². The minimum Gasteiger partial charge on any atom is -0.493 e. The maximum Gasteiger partial charge on any atom is 0.254 e. The molecule has 0 fully saturated rings. The van der Waals surface area contributed by atoms with Crippen molar-refractivity contribution in [2.45, 2.75) is 13.1 Å². The van der Waals surface area contributed by atoms with Gasteiger partial charge in [-0.3, -0.25) is 4.79 Å². The Kier molecular flexibility index (Phi) is 4.66. The number of carbonyl (C=O) groups is 1. The second kappa shape index (κ2) is 7.50. The highest BCUT2D eigenvalue weighted by Crippen LogP contribution is 2.37. The SMILES string of the molecule is COc1c(-c2cccc3cc(C(=O)N4CCn5cncc5C4)ccc23)ccc(F)c1F. The molecule has 2 heterocycles. The largest absolute Gasteiger partial charge is 0.493 e. The van der Waals surface area contributed by atoms with Crippen molar-refractivity contribution in [3.05, 3.63) is 83.9 Å². The molecule has 7 heteroatoms. The highest BCUT2D eigenvalue weighted by atomic mass is 19.2. The van der Waals surface area contributed by atoms with E-state index in [1.165, 1.54) is 13.2 Å². The van der Waals surface area contributed by atoms with Crippen LogP contribution in [0, 0.1) is 11.6 Å². The molecule has 1 aliphatic heterocycles. The Morgan fingerprint density at radius 2 is 1.94 bits per heavy atom. The van der Waals surface area contributed by atoms with Gasteiger partial charge >= 0.3 is 0 Å². The number of aromatic nitrogens is 2. The Morgan fingerprint density at radius 1 is 1.06 bits per heavy atom. The summed E-state index contributed by atoms with van der Waals surface area (Å²) in [5, 5.41) is 1.65. The Labute approximate surface area is 177 Å². The van der Waals surface area contributed by atoms with E-state index in [1.807, 2.05) is 34.9 Å². The van der Waals surface area contributed by atoms with Gasteiger partial charge in [0.1, 0.15) is 0 Å². The fourth-order valence-electron chi connectivity index (χ4n) is 4.14. The molecule has 0 saturated heterocycles. The molecule has 1 amide bonds. The normalized spacial score (nSPS) is 13.3. The summed E-state index contributed by atoms with van der Waals surface area (Å²) < 4.78 is 35.1. The van der Waals surface area contributed by atoms with E-state index in [0.29, 0.717) is 36.3 Å². The number of carbonyl (C=O) groups excluding carboxylic acids is 1. The summed E-state index contributed by atoms with van der Waals surface area (Å²) in [6.45, 7) is 1.85. The van der Waals surface area contributed by atoms with E-state index >= 15 is 0 Å². The lowest BCUT2D eigenvalue weighted by atomic mass is 9.96. The standard InChI is InChI=1S/C24H19F2N3O2/c1-31-23-20(7-8-21(25)22(23)26)19-4-2-3-15-11-16(5-6-18(15)19)24(30)28-9-10-29-14-27-12-17(29)13-28/h2-8,11-12,14H,9-10,13H2,1H3. The smallest absolute Gasteiger partial charge is 0.254 e. The van der Waals surface area contributed by atoms with Crippen LogP contribution in [0.5, 0.6) is 5.75 Å². The molecule has 0 bridgehead atoms. The summed E-state index contributed by atoms with van der Waals surface area (Å²) >= 11 is 0. The Bertz CT molecular complexity index is 1320. The van der Waals surface area contributed by atoms with Crippen LogP contribution >= 0.6 is 0 Å². The zero-order valence-corrected chi connectivity index (χ0v) is 16.8. The molecule has 1 aromatic heterocycles. The number of halogens is 2. The van der Waals surface area contributed by atoms with E-state index in [9.17, 15) is 13.6 Å². The van der Waals surface area contributed by atoms with Crippen LogP contribution in [0.15, 0.2) is 61.1 Å². The van der Waals surface area contributed by atoms with Crippen molar-refractivity contribution < 1.29 is 18.3 Å². The van der Waals surface area contributed by atoms with Crippen LogP contribution in [0.1, 0.15) is 16.1 Å². The van der Waals surface area contributed by atoms with Crippen molar-refractivity contribution in [3.8, 4) is 16.9 Å². The molecule has 0 unspecified atom stereocenters. The quantitative estimate of drug-likeness (QED) is 0.486. The van der Waals surface area contributed by atoms with E-state index in [2.05, 4.69) is 4.98 Å². The summed E-state index contributed by atoms with van der Waals surface area (Å²) in [5.41, 5.74) is 2.74. The van der Waals surface area contributed by atoms with Gasteiger partial charge in [-0.1, -0.05) is 24.3 Å². The fraction of sp³-hybridized carbons (Fsp3) is 0.167. The summed E-state index contributed by atoms with van der Waals surface area (Å²) in [4.78, 5) is 19.0. The highest BCUT2D eigenvalue weighted by Gasteiger charge is 2.23. The van der Waals surface area contributed by atoms with E-state index in [0.717, 1.165) is 22.5 Å². The number of benzene rings is 3. The second-order valence-electron chi connectivity index (χ2n) is 7.49. The zero-order chi connectivity index (χ0) is 21.5. The zero-order valence-electron chi connectivity index (χ0n) is 16.8. The molecular weight excluding hydrogens is 400 g/mol. The molecule has 31 heavy (non-hydrogen) atoms. The summed E-state index contributed by atoms with van der Waals surface area (Å²) in [6, 6.07) is 13.6. The van der Waals surface area contributed by atoms with Gasteiger partial charge in [0, 0.05) is 30.4 Å². The molecule has 5 nitrogen and oxygen atoms in total. The van der Waals surface area contributed by atoms with E-state index in [-0.39, 0.29) is 11.7 Å². The molecule has 0 N–H and O–H groups in total. The fourth-order valence-corrected chi connectivity index (χ4v) is 4.14. The van der Waals surface area contributed by atoms with Crippen LogP contribution in [0.4, 0.5) is 8.78 Å². The number of rotatable bonds is 3. The maximum absolute atomic E-state index is 14.2. The molecule has 5 rings (SSSR count). The van der Waals surface area contributed by atoms with Crippen molar-refractivity contribution in [1.29, 1.82) is 0 Å². The predicted molar refractivity (Wildman–Crippen MR) is 113 cm³/mol. The van der Waals surface area contributed by atoms with Crippen LogP contribution in [0.25, 0.3) is 21.9 Å². The molecule has 0 atom stereocenters. The first-order valence-electron chi connectivity index (χ1n) is 9.90. The molecule has 4 aromatic rings. The van der Waals surface area contributed by atoms with Crippen LogP contribution in [0.2, 0.25) is 0 Å². The first-order valence-corrected chi connectivity index (χ1v) is 9.90. The van der Waals surface area contributed by atoms with Gasteiger partial charge in [0.15, 0.2) is 11.6 Å². The van der Waals surface area contributed by atoms with Crippen LogP contribution in [-0.2, 0) is 13.1 Å². The van der Waals surface area contributed by atoms with Crippen LogP contribution in [0.3, 0.4) is 0 Å². The number of ether oxygens (including phenoxy) is 1. The number of hydrogen-bond donors (Lipinski definition) is 0. The third-order valence-electron chi connectivity index (χ3n) is 5.72. The molecule has 0 radical (unpaired) electrons. The van der Waals surface area contributed by atoms with Gasteiger partial charge in [-0.05, 0) is 40.6 Å². The van der Waals surface area contributed by atoms with Gasteiger partial charge in [-0.25, -0.2) is 9.37 Å². The van der Waals surface area contributed by atoms with Crippen molar-refractivity contribution >= 4 is 16.7 Å².